The van der Waals surface area contributed by atoms with Gasteiger partial charge >= 0.3 is 0 Å². The maximum atomic E-state index is 13.1. The van der Waals surface area contributed by atoms with Gasteiger partial charge in [0.2, 0.25) is 5.92 Å². The first-order chi connectivity index (χ1) is 8.95. The van der Waals surface area contributed by atoms with Crippen LogP contribution in [0.5, 0.6) is 0 Å². The zero-order valence-electron chi connectivity index (χ0n) is 11.5. The predicted octanol–water partition coefficient (Wildman–Crippen LogP) is 3.47. The molecule has 0 amide bonds. The van der Waals surface area contributed by atoms with Crippen LogP contribution in [0.15, 0.2) is 6.07 Å². The van der Waals surface area contributed by atoms with Crippen molar-refractivity contribution in [1.82, 2.24) is 9.78 Å². The van der Waals surface area contributed by atoms with Crippen LogP contribution in [-0.4, -0.2) is 21.5 Å². The van der Waals surface area contributed by atoms with E-state index in [2.05, 4.69) is 5.10 Å². The van der Waals surface area contributed by atoms with Gasteiger partial charge in [0.25, 0.3) is 0 Å². The lowest BCUT2D eigenvalue weighted by atomic mass is 9.99. The molecule has 1 aromatic heterocycles. The molecule has 0 spiro atoms. The van der Waals surface area contributed by atoms with Crippen LogP contribution in [-0.2, 0) is 13.0 Å². The van der Waals surface area contributed by atoms with Gasteiger partial charge in [0.1, 0.15) is 5.69 Å². The summed E-state index contributed by atoms with van der Waals surface area (Å²) in [5, 5.41) is 4.32. The first-order valence-electron chi connectivity index (χ1n) is 6.93. The van der Waals surface area contributed by atoms with Gasteiger partial charge in [-0.1, -0.05) is 6.92 Å². The van der Waals surface area contributed by atoms with Crippen molar-refractivity contribution >= 4 is 5.78 Å². The molecule has 1 aliphatic rings. The molecule has 0 aliphatic heterocycles. The smallest absolute Gasteiger partial charge is 0.248 e. The van der Waals surface area contributed by atoms with Crippen LogP contribution >= 0.6 is 0 Å². The van der Waals surface area contributed by atoms with Crippen molar-refractivity contribution in [3.63, 3.8) is 0 Å². The third-order valence-electron chi connectivity index (χ3n) is 3.76. The Balaban J connectivity index is 2.06. The zero-order chi connectivity index (χ0) is 14.0. The Bertz CT molecular complexity index is 468. The molecule has 1 saturated carbocycles. The molecule has 0 saturated heterocycles. The summed E-state index contributed by atoms with van der Waals surface area (Å²) in [6.07, 6.45) is 1.19. The molecule has 3 nitrogen and oxygen atoms in total. The van der Waals surface area contributed by atoms with Gasteiger partial charge in [0, 0.05) is 25.8 Å². The molecule has 106 valence electrons. The van der Waals surface area contributed by atoms with E-state index in [1.165, 1.54) is 0 Å². The molecule has 1 fully saturated rings. The van der Waals surface area contributed by atoms with Crippen molar-refractivity contribution in [2.45, 2.75) is 58.4 Å². The molecule has 0 aromatic carbocycles. The van der Waals surface area contributed by atoms with Gasteiger partial charge in [-0.15, -0.1) is 0 Å². The molecule has 1 heterocycles. The SMILES string of the molecule is CCc1cc(C(=O)CC2CCC(F)(F)C2)n(CC)n1. The highest BCUT2D eigenvalue weighted by Gasteiger charge is 2.40. The number of rotatable bonds is 5. The molecule has 0 bridgehead atoms. The maximum Gasteiger partial charge on any atom is 0.248 e. The monoisotopic (exact) mass is 270 g/mol. The van der Waals surface area contributed by atoms with Gasteiger partial charge in [0.05, 0.1) is 5.69 Å². The summed E-state index contributed by atoms with van der Waals surface area (Å²) >= 11 is 0. The van der Waals surface area contributed by atoms with Gasteiger partial charge in [-0.25, -0.2) is 8.78 Å². The normalized spacial score (nSPS) is 21.8. The summed E-state index contributed by atoms with van der Waals surface area (Å²) in [7, 11) is 0. The number of carbonyl (C=O) groups is 1. The molecule has 1 aliphatic carbocycles. The van der Waals surface area contributed by atoms with Crippen LogP contribution in [0, 0.1) is 5.92 Å². The van der Waals surface area contributed by atoms with Crippen molar-refractivity contribution < 1.29 is 13.6 Å². The molecular formula is C14H20F2N2O. The van der Waals surface area contributed by atoms with Crippen molar-refractivity contribution in [3.8, 4) is 0 Å². The lowest BCUT2D eigenvalue weighted by molar-refractivity contribution is 0.00496. The van der Waals surface area contributed by atoms with E-state index in [1.807, 2.05) is 13.8 Å². The van der Waals surface area contributed by atoms with Crippen LogP contribution in [0.4, 0.5) is 8.78 Å². The molecule has 1 atom stereocenters. The van der Waals surface area contributed by atoms with E-state index in [9.17, 15) is 13.6 Å². The Morgan fingerprint density at radius 3 is 2.79 bits per heavy atom. The minimum absolute atomic E-state index is 0.0586. The molecule has 5 heteroatoms. The van der Waals surface area contributed by atoms with E-state index in [0.717, 1.165) is 12.1 Å². The van der Waals surface area contributed by atoms with Crippen LogP contribution in [0.2, 0.25) is 0 Å². The maximum absolute atomic E-state index is 13.1. The van der Waals surface area contributed by atoms with E-state index >= 15 is 0 Å². The second-order valence-corrected chi connectivity index (χ2v) is 5.28. The minimum Gasteiger partial charge on any atom is -0.292 e. The lowest BCUT2D eigenvalue weighted by Gasteiger charge is -2.10. The second kappa shape index (κ2) is 5.39. The number of hydrogen-bond acceptors (Lipinski definition) is 2. The Kier molecular flexibility index (Phi) is 4.02. The Morgan fingerprint density at radius 2 is 2.26 bits per heavy atom. The quantitative estimate of drug-likeness (QED) is 0.768. The second-order valence-electron chi connectivity index (χ2n) is 5.28. The number of Topliss-reactive ketones (excluding diaryl/α,β-unsaturated/α-hetero) is 1. The van der Waals surface area contributed by atoms with Crippen molar-refractivity contribution in [1.29, 1.82) is 0 Å². The Labute approximate surface area is 112 Å². The average Bonchev–Trinajstić information content (AvgIpc) is 2.92. The Morgan fingerprint density at radius 1 is 1.53 bits per heavy atom. The van der Waals surface area contributed by atoms with E-state index in [4.69, 9.17) is 0 Å². The molecule has 1 aromatic rings. The summed E-state index contributed by atoms with van der Waals surface area (Å²) in [6, 6.07) is 1.79. The van der Waals surface area contributed by atoms with Gasteiger partial charge in [-0.2, -0.15) is 5.10 Å². The predicted molar refractivity (Wildman–Crippen MR) is 68.5 cm³/mol. The third kappa shape index (κ3) is 3.19. The molecule has 19 heavy (non-hydrogen) atoms. The van der Waals surface area contributed by atoms with E-state index in [0.29, 0.717) is 18.7 Å². The Hall–Kier alpha value is -1.26. The summed E-state index contributed by atoms with van der Waals surface area (Å²) in [4.78, 5) is 12.2. The van der Waals surface area contributed by atoms with Crippen LogP contribution in [0.1, 0.15) is 55.7 Å². The summed E-state index contributed by atoms with van der Waals surface area (Å²) < 4.78 is 27.9. The molecular weight excluding hydrogens is 250 g/mol. The zero-order valence-corrected chi connectivity index (χ0v) is 11.5. The van der Waals surface area contributed by atoms with Crippen molar-refractivity contribution in [2.75, 3.05) is 0 Å². The molecule has 1 unspecified atom stereocenters. The van der Waals surface area contributed by atoms with Crippen LogP contribution in [0.25, 0.3) is 0 Å². The van der Waals surface area contributed by atoms with Gasteiger partial charge in [0.15, 0.2) is 5.78 Å². The fraction of sp³-hybridized carbons (Fsp3) is 0.714. The highest BCUT2D eigenvalue weighted by Crippen LogP contribution is 2.40. The fourth-order valence-corrected chi connectivity index (χ4v) is 2.69. The average molecular weight is 270 g/mol. The van der Waals surface area contributed by atoms with Crippen molar-refractivity contribution in [2.24, 2.45) is 5.92 Å². The first kappa shape index (κ1) is 14.2. The van der Waals surface area contributed by atoms with Gasteiger partial charge < -0.3 is 0 Å². The summed E-state index contributed by atoms with van der Waals surface area (Å²) in [5.41, 5.74) is 1.44. The van der Waals surface area contributed by atoms with E-state index < -0.39 is 5.92 Å². The third-order valence-corrected chi connectivity index (χ3v) is 3.76. The van der Waals surface area contributed by atoms with Crippen molar-refractivity contribution in [3.05, 3.63) is 17.5 Å². The van der Waals surface area contributed by atoms with E-state index in [1.54, 1.807) is 10.7 Å². The van der Waals surface area contributed by atoms with Crippen LogP contribution in [0.3, 0.4) is 0 Å². The number of halogens is 2. The summed E-state index contributed by atoms with van der Waals surface area (Å²) in [5.74, 6) is -2.82. The molecule has 2 rings (SSSR count). The van der Waals surface area contributed by atoms with E-state index in [-0.39, 0.29) is 31.0 Å². The number of aromatic nitrogens is 2. The fourth-order valence-electron chi connectivity index (χ4n) is 2.69. The number of carbonyl (C=O) groups excluding carboxylic acids is 1. The molecule has 0 N–H and O–H groups in total. The number of ketones is 1. The number of hydrogen-bond donors (Lipinski definition) is 0. The standard InChI is InChI=1S/C14H20F2N2O/c1-3-11-8-12(18(4-2)17-11)13(19)7-10-5-6-14(15,16)9-10/h8,10H,3-7,9H2,1-2H3. The topological polar surface area (TPSA) is 34.9 Å². The molecule has 0 radical (unpaired) electrons. The van der Waals surface area contributed by atoms with Gasteiger partial charge in [-0.05, 0) is 31.7 Å². The lowest BCUT2D eigenvalue weighted by Crippen LogP contribution is -2.14. The number of nitrogens with zero attached hydrogens (tertiary/aromatic N) is 2. The largest absolute Gasteiger partial charge is 0.292 e. The number of aryl methyl sites for hydroxylation is 2. The first-order valence-corrected chi connectivity index (χ1v) is 6.93. The number of alkyl halides is 2. The minimum atomic E-state index is -2.58. The van der Waals surface area contributed by atoms with Gasteiger partial charge in [-0.3, -0.25) is 9.48 Å². The van der Waals surface area contributed by atoms with Crippen LogP contribution < -0.4 is 0 Å². The highest BCUT2D eigenvalue weighted by molar-refractivity contribution is 5.94. The summed E-state index contributed by atoms with van der Waals surface area (Å²) in [6.45, 7) is 4.53. The highest BCUT2D eigenvalue weighted by atomic mass is 19.3.